The van der Waals surface area contributed by atoms with Crippen molar-refractivity contribution in [3.63, 3.8) is 0 Å². The van der Waals surface area contributed by atoms with Crippen LogP contribution in [0.15, 0.2) is 48.6 Å². The van der Waals surface area contributed by atoms with Crippen molar-refractivity contribution in [1.29, 1.82) is 0 Å². The molecule has 0 saturated heterocycles. The standard InChI is InChI=1S/C14H15NO3/c16-11-10-14(15(17)18)8-6-13(7-9-14)12-4-2-1-3-5-12/h1-8,16H,9-11H2. The van der Waals surface area contributed by atoms with E-state index in [0.29, 0.717) is 6.42 Å². The molecule has 0 aliphatic heterocycles. The van der Waals surface area contributed by atoms with E-state index >= 15 is 0 Å². The van der Waals surface area contributed by atoms with Gasteiger partial charge >= 0.3 is 0 Å². The van der Waals surface area contributed by atoms with Crippen molar-refractivity contribution < 1.29 is 10.0 Å². The Labute approximate surface area is 105 Å². The Bertz CT molecular complexity index is 493. The highest BCUT2D eigenvalue weighted by Crippen LogP contribution is 2.31. The van der Waals surface area contributed by atoms with Crippen molar-refractivity contribution >= 4 is 5.57 Å². The van der Waals surface area contributed by atoms with E-state index in [1.54, 1.807) is 12.2 Å². The number of hydrogen-bond donors (Lipinski definition) is 1. The van der Waals surface area contributed by atoms with E-state index in [4.69, 9.17) is 5.11 Å². The molecule has 0 saturated carbocycles. The number of nitrogens with zero attached hydrogens (tertiary/aromatic N) is 1. The number of benzene rings is 1. The highest BCUT2D eigenvalue weighted by molar-refractivity contribution is 5.75. The molecule has 1 N–H and O–H groups in total. The summed E-state index contributed by atoms with van der Waals surface area (Å²) in [5.41, 5.74) is 0.897. The first-order valence-electron chi connectivity index (χ1n) is 5.88. The first-order chi connectivity index (χ1) is 8.68. The summed E-state index contributed by atoms with van der Waals surface area (Å²) in [6.07, 6.45) is 5.72. The van der Waals surface area contributed by atoms with Crippen molar-refractivity contribution in [3.8, 4) is 0 Å². The van der Waals surface area contributed by atoms with Crippen molar-refractivity contribution in [2.75, 3.05) is 6.61 Å². The van der Waals surface area contributed by atoms with Gasteiger partial charge in [-0.05, 0) is 17.2 Å². The maximum atomic E-state index is 11.1. The predicted molar refractivity (Wildman–Crippen MR) is 69.6 cm³/mol. The van der Waals surface area contributed by atoms with E-state index in [-0.39, 0.29) is 18.0 Å². The monoisotopic (exact) mass is 245 g/mol. The molecule has 0 radical (unpaired) electrons. The van der Waals surface area contributed by atoms with E-state index in [9.17, 15) is 10.1 Å². The topological polar surface area (TPSA) is 63.4 Å². The molecule has 2 rings (SSSR count). The molecule has 1 unspecified atom stereocenters. The van der Waals surface area contributed by atoms with Crippen molar-refractivity contribution in [2.45, 2.75) is 18.4 Å². The second-order valence-electron chi connectivity index (χ2n) is 4.40. The van der Waals surface area contributed by atoms with Gasteiger partial charge in [0.25, 0.3) is 0 Å². The van der Waals surface area contributed by atoms with Crippen LogP contribution in [0.25, 0.3) is 5.57 Å². The normalized spacial score (nSPS) is 22.6. The maximum absolute atomic E-state index is 11.1. The molecule has 1 atom stereocenters. The lowest BCUT2D eigenvalue weighted by molar-refractivity contribution is -0.556. The van der Waals surface area contributed by atoms with Gasteiger partial charge < -0.3 is 5.11 Å². The molecular formula is C14H15NO3. The Morgan fingerprint density at radius 1 is 1.33 bits per heavy atom. The Morgan fingerprint density at radius 3 is 2.56 bits per heavy atom. The van der Waals surface area contributed by atoms with Gasteiger partial charge in [-0.2, -0.15) is 0 Å². The molecule has 0 spiro atoms. The zero-order valence-corrected chi connectivity index (χ0v) is 9.95. The maximum Gasteiger partial charge on any atom is 0.246 e. The van der Waals surface area contributed by atoms with Crippen molar-refractivity contribution in [2.24, 2.45) is 0 Å². The third-order valence-electron chi connectivity index (χ3n) is 3.26. The van der Waals surface area contributed by atoms with Crippen LogP contribution < -0.4 is 0 Å². The predicted octanol–water partition coefficient (Wildman–Crippen LogP) is 2.43. The van der Waals surface area contributed by atoms with Gasteiger partial charge in [-0.3, -0.25) is 10.1 Å². The quantitative estimate of drug-likeness (QED) is 0.654. The molecule has 0 amide bonds. The summed E-state index contributed by atoms with van der Waals surface area (Å²) in [5.74, 6) is 0. The Balaban J connectivity index is 2.22. The first-order valence-corrected chi connectivity index (χ1v) is 5.88. The largest absolute Gasteiger partial charge is 0.396 e. The van der Waals surface area contributed by atoms with E-state index in [1.165, 1.54) is 0 Å². The van der Waals surface area contributed by atoms with E-state index in [1.807, 2.05) is 36.4 Å². The minimum atomic E-state index is -1.15. The zero-order valence-electron chi connectivity index (χ0n) is 9.95. The third-order valence-corrected chi connectivity index (χ3v) is 3.26. The average molecular weight is 245 g/mol. The molecule has 4 nitrogen and oxygen atoms in total. The van der Waals surface area contributed by atoms with Gasteiger partial charge in [0.05, 0.1) is 6.61 Å². The first kappa shape index (κ1) is 12.5. The molecular weight excluding hydrogens is 230 g/mol. The molecule has 0 bridgehead atoms. The van der Waals surface area contributed by atoms with Crippen LogP contribution in [-0.4, -0.2) is 22.2 Å². The summed E-state index contributed by atoms with van der Waals surface area (Å²) in [5, 5.41) is 20.1. The smallest absolute Gasteiger partial charge is 0.246 e. The highest BCUT2D eigenvalue weighted by atomic mass is 16.6. The summed E-state index contributed by atoms with van der Waals surface area (Å²) in [6, 6.07) is 9.76. The van der Waals surface area contributed by atoms with Gasteiger partial charge in [0, 0.05) is 17.8 Å². The van der Waals surface area contributed by atoms with Gasteiger partial charge in [0.2, 0.25) is 5.54 Å². The van der Waals surface area contributed by atoms with Gasteiger partial charge in [0.15, 0.2) is 0 Å². The number of aliphatic hydroxyl groups excluding tert-OH is 1. The van der Waals surface area contributed by atoms with Crippen LogP contribution in [0.5, 0.6) is 0 Å². The summed E-state index contributed by atoms with van der Waals surface area (Å²) >= 11 is 0. The fourth-order valence-electron chi connectivity index (χ4n) is 2.12. The highest BCUT2D eigenvalue weighted by Gasteiger charge is 2.39. The molecule has 1 aliphatic rings. The van der Waals surface area contributed by atoms with Gasteiger partial charge in [-0.25, -0.2) is 0 Å². The SMILES string of the molecule is O=[N+]([O-])C1(CCO)C=CC(c2ccccc2)=CC1. The third kappa shape index (κ3) is 2.33. The molecule has 1 aliphatic carbocycles. The van der Waals surface area contributed by atoms with Gasteiger partial charge in [-0.15, -0.1) is 0 Å². The summed E-state index contributed by atoms with van der Waals surface area (Å²) in [7, 11) is 0. The molecule has 0 fully saturated rings. The van der Waals surface area contributed by atoms with Crippen LogP contribution in [-0.2, 0) is 0 Å². The summed E-state index contributed by atoms with van der Waals surface area (Å²) in [4.78, 5) is 10.8. The summed E-state index contributed by atoms with van der Waals surface area (Å²) < 4.78 is 0. The van der Waals surface area contributed by atoms with E-state index in [0.717, 1.165) is 11.1 Å². The molecule has 94 valence electrons. The number of hydrogen-bond acceptors (Lipinski definition) is 3. The lowest BCUT2D eigenvalue weighted by Crippen LogP contribution is -2.37. The Kier molecular flexibility index (Phi) is 3.58. The zero-order chi connectivity index (χ0) is 13.0. The second kappa shape index (κ2) is 5.14. The summed E-state index contributed by atoms with van der Waals surface area (Å²) in [6.45, 7) is -0.181. The van der Waals surface area contributed by atoms with Crippen molar-refractivity contribution in [1.82, 2.24) is 0 Å². The fraction of sp³-hybridized carbons (Fsp3) is 0.286. The number of aliphatic hydroxyl groups is 1. The molecule has 18 heavy (non-hydrogen) atoms. The molecule has 4 heteroatoms. The van der Waals surface area contributed by atoms with E-state index < -0.39 is 5.54 Å². The fourth-order valence-corrected chi connectivity index (χ4v) is 2.12. The van der Waals surface area contributed by atoms with Crippen molar-refractivity contribution in [3.05, 3.63) is 64.2 Å². The van der Waals surface area contributed by atoms with Crippen LogP contribution in [0, 0.1) is 10.1 Å². The van der Waals surface area contributed by atoms with Crippen LogP contribution in [0.4, 0.5) is 0 Å². The molecule has 0 heterocycles. The van der Waals surface area contributed by atoms with Crippen LogP contribution >= 0.6 is 0 Å². The number of rotatable bonds is 4. The van der Waals surface area contributed by atoms with E-state index in [2.05, 4.69) is 0 Å². The van der Waals surface area contributed by atoms with Crippen LogP contribution in [0.1, 0.15) is 18.4 Å². The number of allylic oxidation sites excluding steroid dienone is 2. The van der Waals surface area contributed by atoms with Crippen LogP contribution in [0.3, 0.4) is 0 Å². The van der Waals surface area contributed by atoms with Gasteiger partial charge in [0.1, 0.15) is 0 Å². The Morgan fingerprint density at radius 2 is 2.06 bits per heavy atom. The molecule has 1 aromatic rings. The number of nitro groups is 1. The van der Waals surface area contributed by atoms with Gasteiger partial charge in [-0.1, -0.05) is 42.5 Å². The lowest BCUT2D eigenvalue weighted by Gasteiger charge is -2.23. The minimum Gasteiger partial charge on any atom is -0.396 e. The van der Waals surface area contributed by atoms with Crippen LogP contribution in [0.2, 0.25) is 0 Å². The molecule has 1 aromatic carbocycles. The second-order valence-corrected chi connectivity index (χ2v) is 4.40. The Hall–Kier alpha value is -1.94. The molecule has 0 aromatic heterocycles. The minimum absolute atomic E-state index is 0.148. The lowest BCUT2D eigenvalue weighted by atomic mass is 9.85. The average Bonchev–Trinajstić information content (AvgIpc) is 2.41.